The zero-order valence-electron chi connectivity index (χ0n) is 10.3. The largest absolute Gasteiger partial charge is 0.272 e. The molecule has 17 heavy (non-hydrogen) atoms. The summed E-state index contributed by atoms with van der Waals surface area (Å²) in [7, 11) is 0. The second kappa shape index (κ2) is 5.99. The molecule has 0 aromatic heterocycles. The van der Waals surface area contributed by atoms with Crippen LogP contribution in [-0.4, -0.2) is 17.1 Å². The molecule has 0 bridgehead atoms. The molecule has 0 aromatic carbocycles. The predicted molar refractivity (Wildman–Crippen MR) is 71.3 cm³/mol. The number of amides is 1. The van der Waals surface area contributed by atoms with Crippen LogP contribution in [-0.2, 0) is 4.79 Å². The van der Waals surface area contributed by atoms with Crippen molar-refractivity contribution in [2.75, 3.05) is 0 Å². The molecule has 0 saturated carbocycles. The van der Waals surface area contributed by atoms with Gasteiger partial charge in [-0.3, -0.25) is 4.79 Å². The molecule has 0 fully saturated rings. The molecule has 1 unspecified atom stereocenters. The monoisotopic (exact) mass is 230 g/mol. The number of allylic oxidation sites excluding steroid dienone is 5. The van der Waals surface area contributed by atoms with Crippen molar-refractivity contribution in [3.05, 3.63) is 49.2 Å². The second-order valence-electron chi connectivity index (χ2n) is 4.10. The van der Waals surface area contributed by atoms with Crippen LogP contribution in [0.5, 0.6) is 0 Å². The van der Waals surface area contributed by atoms with E-state index in [1.807, 2.05) is 13.8 Å². The maximum absolute atomic E-state index is 12.0. The highest BCUT2D eigenvalue weighted by molar-refractivity contribution is 5.98. The zero-order valence-corrected chi connectivity index (χ0v) is 10.3. The zero-order chi connectivity index (χ0) is 12.8. The molecule has 0 aliphatic carbocycles. The Bertz CT molecular complexity index is 402. The quantitative estimate of drug-likeness (QED) is 0.668. The van der Waals surface area contributed by atoms with Gasteiger partial charge in [-0.25, -0.2) is 5.01 Å². The Morgan fingerprint density at radius 2 is 2.18 bits per heavy atom. The van der Waals surface area contributed by atoms with Crippen LogP contribution >= 0.6 is 0 Å². The molecule has 1 rings (SSSR count). The molecule has 0 spiro atoms. The molecule has 90 valence electrons. The predicted octanol–water partition coefficient (Wildman–Crippen LogP) is 2.90. The lowest BCUT2D eigenvalue weighted by atomic mass is 9.97. The fourth-order valence-electron chi connectivity index (χ4n) is 1.51. The molecule has 0 aromatic rings. The van der Waals surface area contributed by atoms with Gasteiger partial charge in [-0.2, -0.15) is 5.10 Å². The number of carbonyl (C=O) groups is 1. The Morgan fingerprint density at radius 1 is 1.47 bits per heavy atom. The van der Waals surface area contributed by atoms with E-state index in [-0.39, 0.29) is 17.7 Å². The van der Waals surface area contributed by atoms with Gasteiger partial charge < -0.3 is 0 Å². The highest BCUT2D eigenvalue weighted by Crippen LogP contribution is 2.22. The summed E-state index contributed by atoms with van der Waals surface area (Å²) in [5, 5.41) is 5.52. The molecule has 1 amide bonds. The summed E-state index contributed by atoms with van der Waals surface area (Å²) in [6.45, 7) is 11.3. The first-order valence-corrected chi connectivity index (χ1v) is 5.61. The summed E-state index contributed by atoms with van der Waals surface area (Å²) in [5.41, 5.74) is 0.674. The van der Waals surface area contributed by atoms with Crippen molar-refractivity contribution in [1.29, 1.82) is 0 Å². The molecule has 1 aliphatic heterocycles. The molecule has 1 aliphatic rings. The minimum atomic E-state index is -0.137. The van der Waals surface area contributed by atoms with Gasteiger partial charge in [-0.15, -0.1) is 0 Å². The molecular weight excluding hydrogens is 212 g/mol. The van der Waals surface area contributed by atoms with Crippen molar-refractivity contribution >= 4 is 12.1 Å². The molecule has 3 heteroatoms. The fourth-order valence-corrected chi connectivity index (χ4v) is 1.51. The minimum absolute atomic E-state index is 0.00171. The van der Waals surface area contributed by atoms with E-state index in [1.54, 1.807) is 36.6 Å². The lowest BCUT2D eigenvalue weighted by Crippen LogP contribution is -2.28. The second-order valence-corrected chi connectivity index (χ2v) is 4.10. The van der Waals surface area contributed by atoms with Crippen molar-refractivity contribution in [2.24, 2.45) is 16.9 Å². The van der Waals surface area contributed by atoms with Crippen molar-refractivity contribution in [3.8, 4) is 0 Å². The average molecular weight is 230 g/mol. The molecule has 3 nitrogen and oxygen atoms in total. The lowest BCUT2D eigenvalue weighted by Gasteiger charge is -2.16. The topological polar surface area (TPSA) is 32.7 Å². The SMILES string of the molecule is C=C/C=C\C=C(/C=C)N1N=CC(C(C)C)C1=O. The smallest absolute Gasteiger partial charge is 0.256 e. The highest BCUT2D eigenvalue weighted by atomic mass is 16.2. The number of nitrogens with zero attached hydrogens (tertiary/aromatic N) is 2. The highest BCUT2D eigenvalue weighted by Gasteiger charge is 2.31. The first-order chi connectivity index (χ1) is 8.11. The summed E-state index contributed by atoms with van der Waals surface area (Å²) >= 11 is 0. The van der Waals surface area contributed by atoms with E-state index in [1.165, 1.54) is 5.01 Å². The van der Waals surface area contributed by atoms with E-state index in [4.69, 9.17) is 0 Å². The van der Waals surface area contributed by atoms with Crippen LogP contribution in [0.2, 0.25) is 0 Å². The fraction of sp³-hybridized carbons (Fsp3) is 0.286. The normalized spacial score (nSPS) is 20.6. The van der Waals surface area contributed by atoms with Gasteiger partial charge in [-0.05, 0) is 18.1 Å². The van der Waals surface area contributed by atoms with E-state index in [0.29, 0.717) is 5.70 Å². The Hall–Kier alpha value is -1.90. The van der Waals surface area contributed by atoms with Crippen molar-refractivity contribution < 1.29 is 4.79 Å². The summed E-state index contributed by atoms with van der Waals surface area (Å²) in [6, 6.07) is 0. The minimum Gasteiger partial charge on any atom is -0.272 e. The van der Waals surface area contributed by atoms with Crippen LogP contribution in [0.4, 0.5) is 0 Å². The third kappa shape index (κ3) is 3.03. The van der Waals surface area contributed by atoms with Gasteiger partial charge in [-0.1, -0.05) is 45.2 Å². The van der Waals surface area contributed by atoms with Crippen molar-refractivity contribution in [1.82, 2.24) is 5.01 Å². The first-order valence-electron chi connectivity index (χ1n) is 5.61. The van der Waals surface area contributed by atoms with E-state index in [2.05, 4.69) is 18.3 Å². The van der Waals surface area contributed by atoms with Gasteiger partial charge in [0.15, 0.2) is 0 Å². The van der Waals surface area contributed by atoms with Crippen LogP contribution < -0.4 is 0 Å². The van der Waals surface area contributed by atoms with Crippen LogP contribution in [0.1, 0.15) is 13.8 Å². The number of rotatable bonds is 5. The van der Waals surface area contributed by atoms with Crippen molar-refractivity contribution in [2.45, 2.75) is 13.8 Å². The summed E-state index contributed by atoms with van der Waals surface area (Å²) in [4.78, 5) is 12.0. The van der Waals surface area contributed by atoms with Gasteiger partial charge >= 0.3 is 0 Å². The Labute approximate surface area is 103 Å². The van der Waals surface area contributed by atoms with E-state index < -0.39 is 0 Å². The van der Waals surface area contributed by atoms with Crippen LogP contribution in [0, 0.1) is 11.8 Å². The van der Waals surface area contributed by atoms with Gasteiger partial charge in [0.2, 0.25) is 0 Å². The Morgan fingerprint density at radius 3 is 2.65 bits per heavy atom. The summed E-state index contributed by atoms with van der Waals surface area (Å²) in [6.07, 6.45) is 10.4. The van der Waals surface area contributed by atoms with Gasteiger partial charge in [0.25, 0.3) is 5.91 Å². The molecule has 0 N–H and O–H groups in total. The van der Waals surface area contributed by atoms with E-state index in [0.717, 1.165) is 0 Å². The molecular formula is C14H18N2O. The standard InChI is InChI=1S/C14H18N2O/c1-5-7-8-9-12(6-2)16-14(17)13(10-15-16)11(3)4/h5-11,13H,1-2H2,3-4H3/b8-7-,12-9+. The molecule has 1 atom stereocenters. The van der Waals surface area contributed by atoms with Crippen LogP contribution in [0.25, 0.3) is 0 Å². The van der Waals surface area contributed by atoms with Gasteiger partial charge in [0, 0.05) is 6.21 Å². The maximum Gasteiger partial charge on any atom is 0.256 e. The third-order valence-electron chi connectivity index (χ3n) is 2.52. The average Bonchev–Trinajstić information content (AvgIpc) is 2.67. The van der Waals surface area contributed by atoms with E-state index >= 15 is 0 Å². The molecule has 1 heterocycles. The van der Waals surface area contributed by atoms with E-state index in [9.17, 15) is 4.79 Å². The number of hydrogen-bond donors (Lipinski definition) is 0. The van der Waals surface area contributed by atoms with Gasteiger partial charge in [0.05, 0.1) is 11.6 Å². The summed E-state index contributed by atoms with van der Waals surface area (Å²) < 4.78 is 0. The third-order valence-corrected chi connectivity index (χ3v) is 2.52. The number of hydrazone groups is 1. The van der Waals surface area contributed by atoms with Crippen LogP contribution in [0.15, 0.2) is 54.3 Å². The van der Waals surface area contributed by atoms with Crippen molar-refractivity contribution in [3.63, 3.8) is 0 Å². The Kier molecular flexibility index (Phi) is 4.64. The van der Waals surface area contributed by atoms with Crippen LogP contribution in [0.3, 0.4) is 0 Å². The molecule has 0 saturated heterocycles. The first kappa shape index (κ1) is 13.2. The summed E-state index contributed by atoms with van der Waals surface area (Å²) in [5.74, 6) is 0.117. The number of carbonyl (C=O) groups excluding carboxylic acids is 1. The maximum atomic E-state index is 12.0. The lowest BCUT2D eigenvalue weighted by molar-refractivity contribution is -0.130. The Balaban J connectivity index is 2.87. The van der Waals surface area contributed by atoms with Gasteiger partial charge in [0.1, 0.15) is 0 Å². The number of hydrogen-bond acceptors (Lipinski definition) is 2. The molecule has 0 radical (unpaired) electrons.